The van der Waals surface area contributed by atoms with E-state index in [9.17, 15) is 14.4 Å². The van der Waals surface area contributed by atoms with Crippen molar-refractivity contribution >= 4 is 40.4 Å². The summed E-state index contributed by atoms with van der Waals surface area (Å²) < 4.78 is 13.0. The smallest absolute Gasteiger partial charge is 0.307 e. The molecule has 46 heavy (non-hydrogen) atoms. The second kappa shape index (κ2) is 12.6. The number of oxazole rings is 1. The number of rotatable bonds is 7. The SMILES string of the molecule is CC(=O)OC=Cc1ccc(NC(=O)C2(NC(=O)c3ccc4c(C5CCCCC5)c5n(c4c3)CCCc3ocnc3-5)CCCC2)cc1. The second-order valence-corrected chi connectivity index (χ2v) is 12.9. The Hall–Kier alpha value is -4.66. The zero-order chi connectivity index (χ0) is 31.7. The van der Waals surface area contributed by atoms with Gasteiger partial charge in [-0.3, -0.25) is 14.4 Å². The van der Waals surface area contributed by atoms with Crippen LogP contribution in [0.2, 0.25) is 0 Å². The van der Waals surface area contributed by atoms with E-state index in [-0.39, 0.29) is 17.8 Å². The quantitative estimate of drug-likeness (QED) is 0.163. The van der Waals surface area contributed by atoms with E-state index in [0.717, 1.165) is 73.3 Å². The van der Waals surface area contributed by atoms with Gasteiger partial charge in [0, 0.05) is 42.0 Å². The van der Waals surface area contributed by atoms with Gasteiger partial charge in [0.25, 0.3) is 5.91 Å². The van der Waals surface area contributed by atoms with E-state index in [1.54, 1.807) is 24.6 Å². The molecule has 3 heterocycles. The first kappa shape index (κ1) is 30.0. The summed E-state index contributed by atoms with van der Waals surface area (Å²) in [5, 5.41) is 7.38. The third kappa shape index (κ3) is 5.74. The summed E-state index contributed by atoms with van der Waals surface area (Å²) >= 11 is 0. The fourth-order valence-electron chi connectivity index (χ4n) is 7.66. The first-order valence-electron chi connectivity index (χ1n) is 16.6. The molecule has 2 N–H and O–H groups in total. The zero-order valence-corrected chi connectivity index (χ0v) is 26.3. The molecule has 3 aliphatic rings. The molecule has 0 atom stereocenters. The number of carbonyl (C=O) groups is 3. The van der Waals surface area contributed by atoms with Gasteiger partial charge < -0.3 is 24.4 Å². The van der Waals surface area contributed by atoms with Crippen LogP contribution in [0.25, 0.3) is 28.4 Å². The lowest BCUT2D eigenvalue weighted by atomic mass is 9.82. The highest BCUT2D eigenvalue weighted by Crippen LogP contribution is 2.46. The maximum absolute atomic E-state index is 13.9. The third-order valence-electron chi connectivity index (χ3n) is 9.94. The molecular weight excluding hydrogens is 580 g/mol. The topological polar surface area (TPSA) is 115 Å². The molecular formula is C37H40N4O5. The number of esters is 1. The monoisotopic (exact) mass is 620 g/mol. The molecule has 238 valence electrons. The maximum atomic E-state index is 13.9. The van der Waals surface area contributed by atoms with E-state index >= 15 is 0 Å². The van der Waals surface area contributed by atoms with Crippen molar-refractivity contribution in [3.05, 3.63) is 77.6 Å². The van der Waals surface area contributed by atoms with E-state index in [2.05, 4.69) is 26.3 Å². The number of carbonyl (C=O) groups excluding carboxylic acids is 3. The molecule has 2 saturated carbocycles. The fourth-order valence-corrected chi connectivity index (χ4v) is 7.66. The number of aryl methyl sites for hydroxylation is 2. The number of hydrogen-bond donors (Lipinski definition) is 2. The number of benzene rings is 2. The van der Waals surface area contributed by atoms with Crippen molar-refractivity contribution in [3.8, 4) is 11.4 Å². The van der Waals surface area contributed by atoms with Crippen LogP contribution in [0.15, 0.2) is 59.5 Å². The van der Waals surface area contributed by atoms with Gasteiger partial charge in [0.05, 0.1) is 12.0 Å². The standard InChI is InChI=1S/C37H40N4O5/c1-24(42)45-21-17-25-11-14-28(15-12-25)39-36(44)37(18-5-6-19-37)40-35(43)27-13-16-29-30(22-27)41-20-7-10-31-33(38-23-46-31)34(41)32(29)26-8-3-2-4-9-26/h11-17,21-23,26H,2-10,18-20H2,1H3,(H,39,44)(H,40,43). The Balaban J connectivity index is 1.16. The first-order chi connectivity index (χ1) is 22.4. The largest absolute Gasteiger partial charge is 0.448 e. The Kier molecular flexibility index (Phi) is 8.23. The average Bonchev–Trinajstić information content (AvgIpc) is 3.78. The van der Waals surface area contributed by atoms with E-state index < -0.39 is 5.54 Å². The van der Waals surface area contributed by atoms with Gasteiger partial charge in [-0.2, -0.15) is 0 Å². The minimum atomic E-state index is -0.987. The van der Waals surface area contributed by atoms with Gasteiger partial charge >= 0.3 is 5.97 Å². The molecule has 2 fully saturated rings. The van der Waals surface area contributed by atoms with E-state index in [1.165, 1.54) is 43.4 Å². The van der Waals surface area contributed by atoms with E-state index in [1.807, 2.05) is 24.3 Å². The Morgan fingerprint density at radius 1 is 1.00 bits per heavy atom. The van der Waals surface area contributed by atoms with Crippen molar-refractivity contribution < 1.29 is 23.5 Å². The van der Waals surface area contributed by atoms with Crippen LogP contribution < -0.4 is 10.6 Å². The number of hydrogen-bond acceptors (Lipinski definition) is 6. The lowest BCUT2D eigenvalue weighted by molar-refractivity contribution is -0.135. The van der Waals surface area contributed by atoms with Crippen molar-refractivity contribution in [2.75, 3.05) is 5.32 Å². The van der Waals surface area contributed by atoms with Crippen LogP contribution in [-0.4, -0.2) is 32.9 Å². The molecule has 1 aliphatic heterocycles. The molecule has 0 unspecified atom stereocenters. The van der Waals surface area contributed by atoms with Gasteiger partial charge in [0.15, 0.2) is 6.39 Å². The first-order valence-corrected chi connectivity index (χ1v) is 16.6. The van der Waals surface area contributed by atoms with Crippen molar-refractivity contribution in [1.29, 1.82) is 0 Å². The number of nitrogens with zero attached hydrogens (tertiary/aromatic N) is 2. The van der Waals surface area contributed by atoms with Crippen molar-refractivity contribution in [2.24, 2.45) is 0 Å². The highest BCUT2D eigenvalue weighted by molar-refractivity contribution is 6.06. The number of nitrogens with one attached hydrogen (secondary N) is 2. The lowest BCUT2D eigenvalue weighted by Gasteiger charge is -2.29. The van der Waals surface area contributed by atoms with Crippen molar-refractivity contribution in [3.63, 3.8) is 0 Å². The Morgan fingerprint density at radius 3 is 2.54 bits per heavy atom. The highest BCUT2D eigenvalue weighted by atomic mass is 16.5. The van der Waals surface area contributed by atoms with Gasteiger partial charge in [0.1, 0.15) is 17.0 Å². The molecule has 0 radical (unpaired) electrons. The molecule has 0 bridgehead atoms. The van der Waals surface area contributed by atoms with Gasteiger partial charge in [0.2, 0.25) is 5.91 Å². The molecule has 2 aromatic heterocycles. The second-order valence-electron chi connectivity index (χ2n) is 12.9. The van der Waals surface area contributed by atoms with Crippen LogP contribution in [0.3, 0.4) is 0 Å². The predicted molar refractivity (Wildman–Crippen MR) is 176 cm³/mol. The highest BCUT2D eigenvalue weighted by Gasteiger charge is 2.43. The summed E-state index contributed by atoms with van der Waals surface area (Å²) in [6, 6.07) is 13.3. The van der Waals surface area contributed by atoms with Crippen LogP contribution in [-0.2, 0) is 27.3 Å². The molecule has 4 aromatic rings. The number of fused-ring (bicyclic) bond motifs is 5. The summed E-state index contributed by atoms with van der Waals surface area (Å²) in [6.45, 7) is 2.18. The van der Waals surface area contributed by atoms with E-state index in [0.29, 0.717) is 30.0 Å². The molecule has 7 rings (SSSR count). The molecule has 2 amide bonds. The zero-order valence-electron chi connectivity index (χ0n) is 26.3. The van der Waals surface area contributed by atoms with E-state index in [4.69, 9.17) is 9.15 Å². The molecule has 0 spiro atoms. The van der Waals surface area contributed by atoms with Crippen LogP contribution in [0.5, 0.6) is 0 Å². The van der Waals surface area contributed by atoms with Crippen LogP contribution in [0, 0.1) is 0 Å². The number of aromatic nitrogens is 2. The summed E-state index contributed by atoms with van der Waals surface area (Å²) in [5.74, 6) is 0.563. The number of amides is 2. The third-order valence-corrected chi connectivity index (χ3v) is 9.94. The molecule has 9 heteroatoms. The number of anilines is 1. The molecule has 9 nitrogen and oxygen atoms in total. The minimum absolute atomic E-state index is 0.211. The molecule has 0 saturated heterocycles. The average molecular weight is 621 g/mol. The Morgan fingerprint density at radius 2 is 1.78 bits per heavy atom. The van der Waals surface area contributed by atoms with Crippen LogP contribution in [0.1, 0.15) is 104 Å². The summed E-state index contributed by atoms with van der Waals surface area (Å²) in [7, 11) is 0. The lowest BCUT2D eigenvalue weighted by Crippen LogP contribution is -2.55. The normalized spacial score (nSPS) is 17.8. The van der Waals surface area contributed by atoms with Crippen LogP contribution in [0.4, 0.5) is 5.69 Å². The Labute approximate surface area is 268 Å². The van der Waals surface area contributed by atoms with Crippen molar-refractivity contribution in [2.45, 2.75) is 95.6 Å². The van der Waals surface area contributed by atoms with Crippen LogP contribution >= 0.6 is 0 Å². The van der Waals surface area contributed by atoms with Gasteiger partial charge in [-0.05, 0) is 79.5 Å². The molecule has 2 aliphatic carbocycles. The fraction of sp³-hybridized carbons (Fsp3) is 0.405. The van der Waals surface area contributed by atoms with Gasteiger partial charge in [-0.25, -0.2) is 4.98 Å². The number of ether oxygens (including phenoxy) is 1. The summed E-state index contributed by atoms with van der Waals surface area (Å²) in [4.78, 5) is 43.3. The van der Waals surface area contributed by atoms with Gasteiger partial charge in [-0.15, -0.1) is 0 Å². The minimum Gasteiger partial charge on any atom is -0.448 e. The summed E-state index contributed by atoms with van der Waals surface area (Å²) in [5.41, 5.74) is 5.51. The van der Waals surface area contributed by atoms with Crippen molar-refractivity contribution in [1.82, 2.24) is 14.9 Å². The Bertz CT molecular complexity index is 1800. The molecule has 2 aromatic carbocycles. The summed E-state index contributed by atoms with van der Waals surface area (Å²) in [6.07, 6.45) is 15.3. The predicted octanol–water partition coefficient (Wildman–Crippen LogP) is 7.51. The van der Waals surface area contributed by atoms with Gasteiger partial charge in [-0.1, -0.05) is 50.3 Å². The maximum Gasteiger partial charge on any atom is 0.307 e.